The minimum atomic E-state index is -0.595. The summed E-state index contributed by atoms with van der Waals surface area (Å²) in [5.74, 6) is -0.186. The molecule has 0 aromatic heterocycles. The van der Waals surface area contributed by atoms with Crippen LogP contribution in [0.25, 0.3) is 0 Å². The number of carbonyl (C=O) groups excluding carboxylic acids is 2. The SMILES string of the molecule is CO[C@@H]1C[C@H](C(=O)Nc2ccc3c(c2)CC2(CC2)N(C)C3)N(C(=O)Nc2ccc(Br)cc2)C1. The molecule has 2 aromatic rings. The van der Waals surface area contributed by atoms with Crippen molar-refractivity contribution >= 4 is 39.2 Å². The zero-order chi connectivity index (χ0) is 23.2. The van der Waals surface area contributed by atoms with Crippen molar-refractivity contribution in [3.05, 3.63) is 58.1 Å². The molecule has 0 radical (unpaired) electrons. The number of rotatable bonds is 4. The first-order valence-electron chi connectivity index (χ1n) is 11.4. The molecule has 33 heavy (non-hydrogen) atoms. The van der Waals surface area contributed by atoms with E-state index in [0.717, 1.165) is 23.1 Å². The lowest BCUT2D eigenvalue weighted by Crippen LogP contribution is -2.45. The number of likely N-dealkylation sites (N-methyl/N-ethyl adjacent to an activating group) is 1. The van der Waals surface area contributed by atoms with E-state index in [1.807, 2.05) is 30.3 Å². The second-order valence-corrected chi connectivity index (χ2v) is 10.3. The molecule has 1 saturated carbocycles. The molecule has 2 N–H and O–H groups in total. The topological polar surface area (TPSA) is 73.9 Å². The number of hydrogen-bond donors (Lipinski definition) is 2. The molecule has 2 aliphatic heterocycles. The van der Waals surface area contributed by atoms with Gasteiger partial charge in [-0.1, -0.05) is 22.0 Å². The summed E-state index contributed by atoms with van der Waals surface area (Å²) in [6.45, 7) is 1.32. The number of hydrogen-bond acceptors (Lipinski definition) is 4. The molecular formula is C25H29BrN4O3. The Hall–Kier alpha value is -2.42. The number of anilines is 2. The number of nitrogens with zero attached hydrogens (tertiary/aromatic N) is 2. The van der Waals surface area contributed by atoms with Crippen molar-refractivity contribution in [1.29, 1.82) is 0 Å². The average molecular weight is 513 g/mol. The quantitative estimate of drug-likeness (QED) is 0.642. The van der Waals surface area contributed by atoms with Crippen molar-refractivity contribution in [2.24, 2.45) is 0 Å². The van der Waals surface area contributed by atoms with Crippen LogP contribution in [-0.2, 0) is 22.5 Å². The van der Waals surface area contributed by atoms with E-state index in [2.05, 4.69) is 50.6 Å². The van der Waals surface area contributed by atoms with Crippen LogP contribution in [-0.4, -0.2) is 60.1 Å². The van der Waals surface area contributed by atoms with Gasteiger partial charge in [-0.3, -0.25) is 9.69 Å². The van der Waals surface area contributed by atoms with E-state index in [1.165, 1.54) is 24.0 Å². The summed E-state index contributed by atoms with van der Waals surface area (Å²) in [5, 5.41) is 5.95. The third-order valence-electron chi connectivity index (χ3n) is 7.29. The summed E-state index contributed by atoms with van der Waals surface area (Å²) in [7, 11) is 3.82. The van der Waals surface area contributed by atoms with Gasteiger partial charge in [0.15, 0.2) is 0 Å². The fourth-order valence-electron chi connectivity index (χ4n) is 5.03. The number of urea groups is 1. The van der Waals surface area contributed by atoms with Gasteiger partial charge < -0.3 is 20.3 Å². The first kappa shape index (κ1) is 22.4. The van der Waals surface area contributed by atoms with E-state index < -0.39 is 6.04 Å². The number of fused-ring (bicyclic) bond motifs is 1. The highest BCUT2D eigenvalue weighted by Crippen LogP contribution is 2.47. The van der Waals surface area contributed by atoms with Crippen molar-refractivity contribution in [2.45, 2.75) is 49.9 Å². The van der Waals surface area contributed by atoms with Crippen LogP contribution in [0.5, 0.6) is 0 Å². The Morgan fingerprint density at radius 1 is 1.06 bits per heavy atom. The third kappa shape index (κ3) is 4.52. The highest BCUT2D eigenvalue weighted by atomic mass is 79.9. The molecular weight excluding hydrogens is 484 g/mol. The highest BCUT2D eigenvalue weighted by Gasteiger charge is 2.48. The van der Waals surface area contributed by atoms with Crippen LogP contribution < -0.4 is 10.6 Å². The molecule has 1 spiro atoms. The van der Waals surface area contributed by atoms with Gasteiger partial charge in [0.05, 0.1) is 6.10 Å². The maximum absolute atomic E-state index is 13.2. The van der Waals surface area contributed by atoms with Gasteiger partial charge in [-0.15, -0.1) is 0 Å². The predicted molar refractivity (Wildman–Crippen MR) is 131 cm³/mol. The second kappa shape index (κ2) is 8.74. The summed E-state index contributed by atoms with van der Waals surface area (Å²) in [5.41, 5.74) is 4.41. The van der Waals surface area contributed by atoms with Crippen LogP contribution in [0.2, 0.25) is 0 Å². The van der Waals surface area contributed by atoms with E-state index in [9.17, 15) is 9.59 Å². The summed E-state index contributed by atoms with van der Waals surface area (Å²) >= 11 is 3.40. The number of carbonyl (C=O) groups is 2. The molecule has 0 unspecified atom stereocenters. The Labute approximate surface area is 202 Å². The maximum Gasteiger partial charge on any atom is 0.322 e. The highest BCUT2D eigenvalue weighted by molar-refractivity contribution is 9.10. The fourth-order valence-corrected chi connectivity index (χ4v) is 5.30. The number of amides is 3. The number of ether oxygens (including phenoxy) is 1. The van der Waals surface area contributed by atoms with Gasteiger partial charge in [0.1, 0.15) is 6.04 Å². The molecule has 0 bridgehead atoms. The molecule has 2 atom stereocenters. The standard InChI is InChI=1S/C25H29BrN4O3/c1-29-14-16-3-6-20(11-17(16)13-25(29)9-10-25)27-23(31)22-12-21(33-2)15-30(22)24(32)28-19-7-4-18(26)5-8-19/h3-8,11,21-22H,9-10,12-15H2,1-2H3,(H,27,31)(H,28,32)/t21-,22-/m1/s1. The van der Waals surface area contributed by atoms with E-state index >= 15 is 0 Å². The Morgan fingerprint density at radius 2 is 1.79 bits per heavy atom. The Kier molecular flexibility index (Phi) is 5.93. The monoisotopic (exact) mass is 512 g/mol. The lowest BCUT2D eigenvalue weighted by atomic mass is 9.92. The van der Waals surface area contributed by atoms with Crippen molar-refractivity contribution in [2.75, 3.05) is 31.3 Å². The molecule has 3 aliphatic rings. The van der Waals surface area contributed by atoms with Crippen molar-refractivity contribution in [3.63, 3.8) is 0 Å². The van der Waals surface area contributed by atoms with E-state index in [-0.39, 0.29) is 18.0 Å². The number of likely N-dealkylation sites (tertiary alicyclic amines) is 1. The lowest BCUT2D eigenvalue weighted by molar-refractivity contribution is -0.119. The fraction of sp³-hybridized carbons (Fsp3) is 0.440. The number of halogens is 1. The first-order valence-corrected chi connectivity index (χ1v) is 12.2. The van der Waals surface area contributed by atoms with Crippen molar-refractivity contribution in [1.82, 2.24) is 9.80 Å². The van der Waals surface area contributed by atoms with Crippen LogP contribution in [0.3, 0.4) is 0 Å². The van der Waals surface area contributed by atoms with Gasteiger partial charge in [0.25, 0.3) is 0 Å². The van der Waals surface area contributed by atoms with Gasteiger partial charge in [-0.2, -0.15) is 0 Å². The lowest BCUT2D eigenvalue weighted by Gasteiger charge is -2.34. The van der Waals surface area contributed by atoms with Crippen LogP contribution in [0.4, 0.5) is 16.2 Å². The zero-order valence-electron chi connectivity index (χ0n) is 18.9. The zero-order valence-corrected chi connectivity index (χ0v) is 20.5. The van der Waals surface area contributed by atoms with Gasteiger partial charge in [-0.05, 0) is 73.8 Å². The minimum absolute atomic E-state index is 0.176. The number of benzene rings is 2. The first-order chi connectivity index (χ1) is 15.9. The third-order valence-corrected chi connectivity index (χ3v) is 7.82. The molecule has 2 heterocycles. The van der Waals surface area contributed by atoms with Gasteiger partial charge in [0, 0.05) is 48.0 Å². The molecule has 1 aliphatic carbocycles. The molecule has 1 saturated heterocycles. The van der Waals surface area contributed by atoms with Crippen LogP contribution >= 0.6 is 15.9 Å². The molecule has 2 aromatic carbocycles. The maximum atomic E-state index is 13.2. The molecule has 8 heteroatoms. The van der Waals surface area contributed by atoms with Gasteiger partial charge in [0.2, 0.25) is 5.91 Å². The molecule has 3 amide bonds. The molecule has 7 nitrogen and oxygen atoms in total. The largest absolute Gasteiger partial charge is 0.380 e. The van der Waals surface area contributed by atoms with E-state index in [4.69, 9.17) is 4.74 Å². The van der Waals surface area contributed by atoms with Crippen LogP contribution in [0.1, 0.15) is 30.4 Å². The average Bonchev–Trinajstić information content (AvgIpc) is 3.43. The van der Waals surface area contributed by atoms with Gasteiger partial charge in [-0.25, -0.2) is 4.79 Å². The van der Waals surface area contributed by atoms with Crippen molar-refractivity contribution < 1.29 is 14.3 Å². The second-order valence-electron chi connectivity index (χ2n) is 9.43. The molecule has 174 valence electrons. The number of methoxy groups -OCH3 is 1. The van der Waals surface area contributed by atoms with Crippen LogP contribution in [0, 0.1) is 0 Å². The van der Waals surface area contributed by atoms with E-state index in [0.29, 0.717) is 24.2 Å². The predicted octanol–water partition coefficient (Wildman–Crippen LogP) is 4.23. The molecule has 2 fully saturated rings. The summed E-state index contributed by atoms with van der Waals surface area (Å²) in [4.78, 5) is 30.3. The van der Waals surface area contributed by atoms with Gasteiger partial charge >= 0.3 is 6.03 Å². The Morgan fingerprint density at radius 3 is 2.48 bits per heavy atom. The smallest absolute Gasteiger partial charge is 0.322 e. The minimum Gasteiger partial charge on any atom is -0.380 e. The Bertz CT molecular complexity index is 1070. The summed E-state index contributed by atoms with van der Waals surface area (Å²) in [6.07, 6.45) is 3.80. The van der Waals surface area contributed by atoms with E-state index in [1.54, 1.807) is 12.0 Å². The van der Waals surface area contributed by atoms with Crippen molar-refractivity contribution in [3.8, 4) is 0 Å². The Balaban J connectivity index is 1.29. The number of nitrogens with one attached hydrogen (secondary N) is 2. The summed E-state index contributed by atoms with van der Waals surface area (Å²) in [6, 6.07) is 12.6. The normalized spacial score (nSPS) is 23.3. The molecule has 5 rings (SSSR count). The van der Waals surface area contributed by atoms with Crippen LogP contribution in [0.15, 0.2) is 46.9 Å². The summed E-state index contributed by atoms with van der Waals surface area (Å²) < 4.78 is 6.42.